The van der Waals surface area contributed by atoms with Gasteiger partial charge in [0.2, 0.25) is 0 Å². The minimum absolute atomic E-state index is 0.0522. The molecule has 1 aromatic rings. The molecule has 0 saturated carbocycles. The van der Waals surface area contributed by atoms with E-state index in [-0.39, 0.29) is 11.3 Å². The van der Waals surface area contributed by atoms with Gasteiger partial charge < -0.3 is 0 Å². The number of hydrogen-bond donors (Lipinski definition) is 0. The molecule has 0 aliphatic carbocycles. The third kappa shape index (κ3) is 4.12. The first kappa shape index (κ1) is 13.5. The fraction of sp³-hybridized carbons (Fsp3) is 0.462. The van der Waals surface area contributed by atoms with Gasteiger partial charge in [0, 0.05) is 12.6 Å². The van der Waals surface area contributed by atoms with Crippen LogP contribution in [0.3, 0.4) is 0 Å². The molecule has 0 unspecified atom stereocenters. The Balaban J connectivity index is 2.91. The number of nitrogens with zero attached hydrogens (tertiary/aromatic N) is 1. The number of benzene rings is 1. The van der Waals surface area contributed by atoms with Gasteiger partial charge in [-0.1, -0.05) is 32.9 Å². The average Bonchev–Trinajstić information content (AvgIpc) is 2.14. The molecular formula is C13H18INO. The molecule has 0 bridgehead atoms. The first-order valence-electron chi connectivity index (χ1n) is 5.32. The quantitative estimate of drug-likeness (QED) is 0.598. The molecule has 1 aromatic carbocycles. The van der Waals surface area contributed by atoms with Gasteiger partial charge in [0.05, 0.1) is 22.9 Å². The SMILES string of the molecule is CN(I)C(=O)c1cccc(CC(C)(C)C)c1. The summed E-state index contributed by atoms with van der Waals surface area (Å²) in [6.45, 7) is 6.60. The smallest absolute Gasteiger partial charge is 0.262 e. The minimum atomic E-state index is 0.0522. The van der Waals surface area contributed by atoms with Crippen LogP contribution in [-0.4, -0.2) is 16.1 Å². The average molecular weight is 331 g/mol. The summed E-state index contributed by atoms with van der Waals surface area (Å²) in [5.41, 5.74) is 2.23. The van der Waals surface area contributed by atoms with Crippen LogP contribution >= 0.6 is 22.9 Å². The molecule has 0 spiro atoms. The van der Waals surface area contributed by atoms with Crippen molar-refractivity contribution in [2.45, 2.75) is 27.2 Å². The maximum absolute atomic E-state index is 11.8. The maximum atomic E-state index is 11.8. The minimum Gasteiger partial charge on any atom is -0.284 e. The monoisotopic (exact) mass is 331 g/mol. The van der Waals surface area contributed by atoms with Crippen molar-refractivity contribution in [3.63, 3.8) is 0 Å². The van der Waals surface area contributed by atoms with Gasteiger partial charge >= 0.3 is 0 Å². The van der Waals surface area contributed by atoms with E-state index in [1.54, 1.807) is 10.2 Å². The van der Waals surface area contributed by atoms with Gasteiger partial charge in [-0.3, -0.25) is 7.91 Å². The molecule has 2 nitrogen and oxygen atoms in total. The van der Waals surface area contributed by atoms with Crippen molar-refractivity contribution >= 4 is 28.8 Å². The van der Waals surface area contributed by atoms with E-state index < -0.39 is 0 Å². The van der Waals surface area contributed by atoms with Crippen LogP contribution in [0.4, 0.5) is 0 Å². The molecule has 0 saturated heterocycles. The summed E-state index contributed by atoms with van der Waals surface area (Å²) < 4.78 is 1.58. The molecule has 0 aliphatic heterocycles. The lowest BCUT2D eigenvalue weighted by molar-refractivity contribution is 0.0906. The summed E-state index contributed by atoms with van der Waals surface area (Å²) in [4.78, 5) is 11.8. The number of rotatable bonds is 2. The van der Waals surface area contributed by atoms with E-state index >= 15 is 0 Å². The molecule has 88 valence electrons. The van der Waals surface area contributed by atoms with Gasteiger partial charge in [0.25, 0.3) is 5.91 Å². The van der Waals surface area contributed by atoms with Crippen LogP contribution in [0, 0.1) is 5.41 Å². The van der Waals surface area contributed by atoms with E-state index in [0.29, 0.717) is 0 Å². The van der Waals surface area contributed by atoms with Crippen molar-refractivity contribution in [3.05, 3.63) is 35.4 Å². The maximum Gasteiger partial charge on any atom is 0.262 e. The molecule has 0 N–H and O–H groups in total. The van der Waals surface area contributed by atoms with Crippen molar-refractivity contribution in [2.24, 2.45) is 5.41 Å². The highest BCUT2D eigenvalue weighted by molar-refractivity contribution is 14.1. The van der Waals surface area contributed by atoms with Crippen molar-refractivity contribution in [3.8, 4) is 0 Å². The number of carbonyl (C=O) groups excluding carboxylic acids is 1. The number of amides is 1. The Morgan fingerprint density at radius 3 is 2.50 bits per heavy atom. The van der Waals surface area contributed by atoms with Crippen LogP contribution in [-0.2, 0) is 6.42 Å². The molecule has 0 atom stereocenters. The highest BCUT2D eigenvalue weighted by atomic mass is 127. The van der Waals surface area contributed by atoms with Crippen LogP contribution in [0.1, 0.15) is 36.7 Å². The Bertz CT molecular complexity index is 380. The second kappa shape index (κ2) is 5.17. The zero-order valence-electron chi connectivity index (χ0n) is 10.2. The fourth-order valence-electron chi connectivity index (χ4n) is 1.60. The van der Waals surface area contributed by atoms with Gasteiger partial charge in [-0.25, -0.2) is 0 Å². The first-order chi connectivity index (χ1) is 7.29. The standard InChI is InChI=1S/C13H18INO/c1-13(2,3)9-10-6-5-7-11(8-10)12(16)15(4)14/h5-8H,9H2,1-4H3. The summed E-state index contributed by atoms with van der Waals surface area (Å²) in [7, 11) is 1.76. The Labute approximate surface area is 112 Å². The van der Waals surface area contributed by atoms with Gasteiger partial charge in [0.15, 0.2) is 0 Å². The van der Waals surface area contributed by atoms with Gasteiger partial charge in [-0.2, -0.15) is 0 Å². The van der Waals surface area contributed by atoms with Crippen molar-refractivity contribution in [1.29, 1.82) is 0 Å². The Morgan fingerprint density at radius 1 is 1.38 bits per heavy atom. The third-order valence-corrected chi connectivity index (χ3v) is 2.63. The molecule has 3 heteroatoms. The largest absolute Gasteiger partial charge is 0.284 e. The lowest BCUT2D eigenvalue weighted by atomic mass is 9.88. The van der Waals surface area contributed by atoms with E-state index in [9.17, 15) is 4.79 Å². The Kier molecular flexibility index (Phi) is 4.35. The molecule has 0 heterocycles. The second-order valence-corrected chi connectivity index (χ2v) is 6.67. The zero-order chi connectivity index (χ0) is 12.3. The molecule has 16 heavy (non-hydrogen) atoms. The van der Waals surface area contributed by atoms with Crippen LogP contribution in [0.2, 0.25) is 0 Å². The normalized spacial score (nSPS) is 11.3. The molecule has 1 rings (SSSR count). The summed E-state index contributed by atoms with van der Waals surface area (Å²) in [6.07, 6.45) is 0.985. The predicted molar refractivity (Wildman–Crippen MR) is 75.7 cm³/mol. The third-order valence-electron chi connectivity index (χ3n) is 2.19. The summed E-state index contributed by atoms with van der Waals surface area (Å²) in [6, 6.07) is 7.88. The van der Waals surface area contributed by atoms with Gasteiger partial charge in [-0.05, 0) is 29.5 Å². The highest BCUT2D eigenvalue weighted by Crippen LogP contribution is 2.21. The zero-order valence-corrected chi connectivity index (χ0v) is 12.4. The Morgan fingerprint density at radius 2 is 2.00 bits per heavy atom. The molecule has 0 aromatic heterocycles. The topological polar surface area (TPSA) is 20.3 Å². The van der Waals surface area contributed by atoms with Crippen LogP contribution in [0.5, 0.6) is 0 Å². The van der Waals surface area contributed by atoms with Crippen molar-refractivity contribution in [2.75, 3.05) is 7.05 Å². The molecule has 0 radical (unpaired) electrons. The van der Waals surface area contributed by atoms with Crippen LogP contribution < -0.4 is 0 Å². The molecule has 1 amide bonds. The fourth-order valence-corrected chi connectivity index (χ4v) is 1.88. The summed E-state index contributed by atoms with van der Waals surface area (Å²) in [5, 5.41) is 0. The second-order valence-electron chi connectivity index (χ2n) is 5.22. The molecule has 0 aliphatic rings. The van der Waals surface area contributed by atoms with E-state index in [0.717, 1.165) is 12.0 Å². The Hall–Kier alpha value is -0.580. The van der Waals surface area contributed by atoms with E-state index in [1.807, 2.05) is 41.1 Å². The number of halogens is 1. The summed E-state index contributed by atoms with van der Waals surface area (Å²) >= 11 is 2.00. The first-order valence-corrected chi connectivity index (χ1v) is 6.29. The van der Waals surface area contributed by atoms with E-state index in [2.05, 4.69) is 26.8 Å². The van der Waals surface area contributed by atoms with Crippen molar-refractivity contribution < 1.29 is 4.79 Å². The molecule has 0 fully saturated rings. The lowest BCUT2D eigenvalue weighted by Crippen LogP contribution is -2.16. The lowest BCUT2D eigenvalue weighted by Gasteiger charge is -2.18. The molecular weight excluding hydrogens is 313 g/mol. The van der Waals surface area contributed by atoms with Gasteiger partial charge in [0.1, 0.15) is 0 Å². The van der Waals surface area contributed by atoms with E-state index in [1.165, 1.54) is 5.56 Å². The number of hydrogen-bond acceptors (Lipinski definition) is 1. The predicted octanol–water partition coefficient (Wildman–Crippen LogP) is 3.70. The summed E-state index contributed by atoms with van der Waals surface area (Å²) in [5.74, 6) is 0.0522. The number of carbonyl (C=O) groups is 1. The van der Waals surface area contributed by atoms with Gasteiger partial charge in [-0.15, -0.1) is 0 Å². The van der Waals surface area contributed by atoms with Crippen molar-refractivity contribution in [1.82, 2.24) is 3.11 Å². The van der Waals surface area contributed by atoms with E-state index in [4.69, 9.17) is 0 Å². The highest BCUT2D eigenvalue weighted by Gasteiger charge is 2.14. The van der Waals surface area contributed by atoms with Crippen LogP contribution in [0.15, 0.2) is 24.3 Å². The van der Waals surface area contributed by atoms with Crippen LogP contribution in [0.25, 0.3) is 0 Å².